The van der Waals surface area contributed by atoms with Gasteiger partial charge in [-0.2, -0.15) is 5.10 Å². The van der Waals surface area contributed by atoms with Gasteiger partial charge in [0.2, 0.25) is 0 Å². The van der Waals surface area contributed by atoms with E-state index in [1.54, 1.807) is 0 Å². The minimum atomic E-state index is -0.0443. The Kier molecular flexibility index (Phi) is 4.67. The number of amides is 1. The van der Waals surface area contributed by atoms with Crippen LogP contribution in [0.2, 0.25) is 0 Å². The molecule has 4 aromatic rings. The van der Waals surface area contributed by atoms with Crippen molar-refractivity contribution in [1.82, 2.24) is 19.8 Å². The zero-order valence-corrected chi connectivity index (χ0v) is 16.8. The molecule has 0 fully saturated rings. The number of nitrogens with zero attached hydrogens (tertiary/aromatic N) is 4. The normalized spacial score (nSPS) is 13.7. The minimum Gasteiger partial charge on any atom is -0.363 e. The summed E-state index contributed by atoms with van der Waals surface area (Å²) < 4.78 is 7.13. The summed E-state index contributed by atoms with van der Waals surface area (Å²) in [7, 11) is 1.98. The molecule has 150 valence electrons. The van der Waals surface area contributed by atoms with Crippen LogP contribution in [-0.4, -0.2) is 38.8 Å². The van der Waals surface area contributed by atoms with Gasteiger partial charge in [0.15, 0.2) is 0 Å². The van der Waals surface area contributed by atoms with Crippen molar-refractivity contribution in [3.8, 4) is 22.5 Å². The standard InChI is InChI=1S/C24H22N4O2/c1-27-21-13-15-28(14-12-19(21)22(25-27)17-8-4-2-5-9-17)24(29)20-16-30-26-23(20)18-10-6-3-7-11-18/h2-11,16H,12-15H2,1H3. The number of carbonyl (C=O) groups excluding carboxylic acids is 1. The first-order valence-electron chi connectivity index (χ1n) is 10.1. The van der Waals surface area contributed by atoms with Crippen LogP contribution < -0.4 is 0 Å². The van der Waals surface area contributed by atoms with Crippen molar-refractivity contribution in [1.29, 1.82) is 0 Å². The van der Waals surface area contributed by atoms with E-state index in [1.165, 1.54) is 17.5 Å². The molecule has 1 aliphatic rings. The van der Waals surface area contributed by atoms with Crippen LogP contribution in [0.4, 0.5) is 0 Å². The number of fused-ring (bicyclic) bond motifs is 1. The van der Waals surface area contributed by atoms with Gasteiger partial charge in [0.25, 0.3) is 5.91 Å². The van der Waals surface area contributed by atoms with Gasteiger partial charge in [-0.15, -0.1) is 0 Å². The Morgan fingerprint density at radius 2 is 1.53 bits per heavy atom. The third-order valence-corrected chi connectivity index (χ3v) is 5.71. The van der Waals surface area contributed by atoms with Gasteiger partial charge in [0, 0.05) is 48.9 Å². The van der Waals surface area contributed by atoms with Gasteiger partial charge in [0.05, 0.1) is 5.69 Å². The molecule has 3 heterocycles. The first-order valence-corrected chi connectivity index (χ1v) is 10.1. The molecule has 0 aliphatic carbocycles. The van der Waals surface area contributed by atoms with E-state index in [1.807, 2.05) is 65.2 Å². The number of aryl methyl sites for hydroxylation is 1. The van der Waals surface area contributed by atoms with E-state index >= 15 is 0 Å². The molecule has 1 aliphatic heterocycles. The quantitative estimate of drug-likeness (QED) is 0.524. The summed E-state index contributed by atoms with van der Waals surface area (Å²) in [5, 5.41) is 8.85. The molecule has 1 amide bonds. The molecule has 2 aromatic heterocycles. The van der Waals surface area contributed by atoms with Gasteiger partial charge in [-0.3, -0.25) is 9.48 Å². The highest BCUT2D eigenvalue weighted by atomic mass is 16.5. The summed E-state index contributed by atoms with van der Waals surface area (Å²) in [6, 6.07) is 19.9. The highest BCUT2D eigenvalue weighted by Crippen LogP contribution is 2.29. The molecule has 0 atom stereocenters. The Bertz CT molecular complexity index is 1180. The van der Waals surface area contributed by atoms with Crippen molar-refractivity contribution < 1.29 is 9.32 Å². The van der Waals surface area contributed by atoms with Crippen LogP contribution in [0.5, 0.6) is 0 Å². The maximum absolute atomic E-state index is 13.3. The van der Waals surface area contributed by atoms with Crippen molar-refractivity contribution in [3.63, 3.8) is 0 Å². The lowest BCUT2D eigenvalue weighted by Gasteiger charge is -2.20. The first-order chi connectivity index (χ1) is 14.7. The summed E-state index contributed by atoms with van der Waals surface area (Å²) in [4.78, 5) is 15.2. The second-order valence-corrected chi connectivity index (χ2v) is 7.50. The van der Waals surface area contributed by atoms with Crippen molar-refractivity contribution >= 4 is 5.91 Å². The van der Waals surface area contributed by atoms with E-state index in [0.717, 1.165) is 29.7 Å². The van der Waals surface area contributed by atoms with Crippen molar-refractivity contribution in [2.45, 2.75) is 12.8 Å². The van der Waals surface area contributed by atoms with E-state index in [4.69, 9.17) is 9.62 Å². The fraction of sp³-hybridized carbons (Fsp3) is 0.208. The van der Waals surface area contributed by atoms with Gasteiger partial charge in [-0.25, -0.2) is 0 Å². The first kappa shape index (κ1) is 18.4. The number of benzene rings is 2. The van der Waals surface area contributed by atoms with Crippen LogP contribution >= 0.6 is 0 Å². The lowest BCUT2D eigenvalue weighted by Crippen LogP contribution is -2.33. The highest BCUT2D eigenvalue weighted by Gasteiger charge is 2.27. The predicted molar refractivity (Wildman–Crippen MR) is 114 cm³/mol. The van der Waals surface area contributed by atoms with E-state index < -0.39 is 0 Å². The van der Waals surface area contributed by atoms with Crippen LogP contribution in [-0.2, 0) is 19.9 Å². The number of aromatic nitrogens is 3. The largest absolute Gasteiger partial charge is 0.363 e. The van der Waals surface area contributed by atoms with Crippen LogP contribution in [0.1, 0.15) is 21.6 Å². The predicted octanol–water partition coefficient (Wildman–Crippen LogP) is 3.98. The molecule has 0 saturated carbocycles. The topological polar surface area (TPSA) is 64.2 Å². The summed E-state index contributed by atoms with van der Waals surface area (Å²) >= 11 is 0. The molecule has 30 heavy (non-hydrogen) atoms. The number of hydrogen-bond donors (Lipinski definition) is 0. The minimum absolute atomic E-state index is 0.0443. The molecule has 5 rings (SSSR count). The Labute approximate surface area is 174 Å². The van der Waals surface area contributed by atoms with Crippen LogP contribution in [0.3, 0.4) is 0 Å². The molecule has 6 heteroatoms. The molecule has 2 aromatic carbocycles. The third-order valence-electron chi connectivity index (χ3n) is 5.71. The lowest BCUT2D eigenvalue weighted by molar-refractivity contribution is 0.0762. The zero-order valence-electron chi connectivity index (χ0n) is 16.8. The summed E-state index contributed by atoms with van der Waals surface area (Å²) in [5.41, 5.74) is 6.52. The maximum Gasteiger partial charge on any atom is 0.259 e. The molecule has 0 radical (unpaired) electrons. The molecule has 6 nitrogen and oxygen atoms in total. The van der Waals surface area contributed by atoms with Gasteiger partial charge in [-0.1, -0.05) is 65.8 Å². The molecular weight excluding hydrogens is 376 g/mol. The SMILES string of the molecule is Cn1nc(-c2ccccc2)c2c1CCN(C(=O)c1conc1-c1ccccc1)CC2. The van der Waals surface area contributed by atoms with Gasteiger partial charge >= 0.3 is 0 Å². The van der Waals surface area contributed by atoms with Gasteiger partial charge in [-0.05, 0) is 6.42 Å². The molecule has 0 saturated heterocycles. The Morgan fingerprint density at radius 3 is 2.23 bits per heavy atom. The maximum atomic E-state index is 13.3. The van der Waals surface area contributed by atoms with Crippen molar-refractivity contribution in [3.05, 3.63) is 83.7 Å². The Morgan fingerprint density at radius 1 is 0.900 bits per heavy atom. The molecule has 0 unspecified atom stereocenters. The monoisotopic (exact) mass is 398 g/mol. The number of hydrogen-bond acceptors (Lipinski definition) is 4. The third kappa shape index (κ3) is 3.20. The number of carbonyl (C=O) groups is 1. The summed E-state index contributed by atoms with van der Waals surface area (Å²) in [6.45, 7) is 1.27. The van der Waals surface area contributed by atoms with E-state index in [9.17, 15) is 4.79 Å². The van der Waals surface area contributed by atoms with Gasteiger partial charge in [0.1, 0.15) is 17.5 Å². The van der Waals surface area contributed by atoms with Gasteiger partial charge < -0.3 is 9.42 Å². The molecule has 0 bridgehead atoms. The van der Waals surface area contributed by atoms with Crippen LogP contribution in [0, 0.1) is 0 Å². The summed E-state index contributed by atoms with van der Waals surface area (Å²) in [6.07, 6.45) is 2.99. The van der Waals surface area contributed by atoms with E-state index in [2.05, 4.69) is 17.3 Å². The Balaban J connectivity index is 1.42. The fourth-order valence-corrected chi connectivity index (χ4v) is 4.17. The van der Waals surface area contributed by atoms with Crippen LogP contribution in [0.15, 0.2) is 71.4 Å². The molecule has 0 spiro atoms. The lowest BCUT2D eigenvalue weighted by atomic mass is 10.0. The highest BCUT2D eigenvalue weighted by molar-refractivity contribution is 5.99. The second kappa shape index (κ2) is 7.63. The summed E-state index contributed by atoms with van der Waals surface area (Å²) in [5.74, 6) is -0.0443. The zero-order chi connectivity index (χ0) is 20.5. The molecular formula is C24H22N4O2. The van der Waals surface area contributed by atoms with Crippen molar-refractivity contribution in [2.75, 3.05) is 13.1 Å². The Hall–Kier alpha value is -3.67. The number of rotatable bonds is 3. The van der Waals surface area contributed by atoms with E-state index in [-0.39, 0.29) is 5.91 Å². The smallest absolute Gasteiger partial charge is 0.259 e. The van der Waals surface area contributed by atoms with Crippen molar-refractivity contribution in [2.24, 2.45) is 7.05 Å². The van der Waals surface area contributed by atoms with E-state index in [0.29, 0.717) is 24.3 Å². The second-order valence-electron chi connectivity index (χ2n) is 7.50. The fourth-order valence-electron chi connectivity index (χ4n) is 4.17. The average molecular weight is 398 g/mol. The van der Waals surface area contributed by atoms with Crippen LogP contribution in [0.25, 0.3) is 22.5 Å². The average Bonchev–Trinajstić information content (AvgIpc) is 3.33. The molecule has 0 N–H and O–H groups in total.